The second kappa shape index (κ2) is 13.5. The molecular weight excluding hydrogens is 643 g/mol. The van der Waals surface area contributed by atoms with Gasteiger partial charge in [-0.05, 0) is 172 Å². The molecule has 51 heavy (non-hydrogen) atoms. The van der Waals surface area contributed by atoms with Crippen molar-refractivity contribution in [3.63, 3.8) is 0 Å². The molecule has 6 aromatic rings. The van der Waals surface area contributed by atoms with Crippen LogP contribution in [0, 0.1) is 83.1 Å². The zero-order valence-corrected chi connectivity index (χ0v) is 33.3. The van der Waals surface area contributed by atoms with Crippen LogP contribution in [0.1, 0.15) is 66.8 Å². The average molecular weight is 693 g/mol. The molecule has 0 nitrogen and oxygen atoms in total. The summed E-state index contributed by atoms with van der Waals surface area (Å²) in [4.78, 5) is 0. The van der Waals surface area contributed by atoms with Crippen LogP contribution in [0.4, 0.5) is 8.22 Å². The predicted octanol–water partition coefficient (Wildman–Crippen LogP) is 12.6. The largest absolute Gasteiger partial charge is 0.489 e. The van der Waals surface area contributed by atoms with E-state index >= 15 is 8.22 Å². The molecule has 0 saturated carbocycles. The Morgan fingerprint density at radius 1 is 0.314 bits per heavy atom. The molecule has 0 aliphatic rings. The van der Waals surface area contributed by atoms with Gasteiger partial charge in [-0.3, -0.25) is 8.22 Å². The molecule has 0 fully saturated rings. The Balaban J connectivity index is 1.85. The van der Waals surface area contributed by atoms with Gasteiger partial charge in [-0.15, -0.1) is 0 Å². The molecule has 0 atom stereocenters. The van der Waals surface area contributed by atoms with Crippen molar-refractivity contribution in [2.75, 3.05) is 0 Å². The van der Waals surface area contributed by atoms with Crippen LogP contribution in [0.25, 0.3) is 44.5 Å². The molecule has 0 N–H and O–H groups in total. The van der Waals surface area contributed by atoms with Crippen molar-refractivity contribution in [1.82, 2.24) is 0 Å². The predicted molar refractivity (Wildman–Crippen MR) is 219 cm³/mol. The van der Waals surface area contributed by atoms with Gasteiger partial charge in [0, 0.05) is 10.4 Å². The van der Waals surface area contributed by atoms with Gasteiger partial charge in [0.25, 0.3) is 0 Å². The van der Waals surface area contributed by atoms with Crippen LogP contribution >= 0.6 is 0 Å². The van der Waals surface area contributed by atoms with Crippen LogP contribution < -0.4 is 10.4 Å². The summed E-state index contributed by atoms with van der Waals surface area (Å²) < 4.78 is 38.4. The SMILES string of the molecule is Cc1cc(C)c(-c2cccc(-c3c(C)cc(C)cc3C)c2[Si](F)(F)c2c(-c3c(C)cc(C)cc3C)cccc2-c2c(C)cc(C)cc2C)c(C)c1. The van der Waals surface area contributed by atoms with Gasteiger partial charge in [0.2, 0.25) is 0 Å². The van der Waals surface area contributed by atoms with Crippen molar-refractivity contribution in [2.24, 2.45) is 0 Å². The van der Waals surface area contributed by atoms with Crippen LogP contribution in [0.5, 0.6) is 0 Å². The molecule has 0 saturated heterocycles. The van der Waals surface area contributed by atoms with Gasteiger partial charge in [-0.2, -0.15) is 0 Å². The summed E-state index contributed by atoms with van der Waals surface area (Å²) in [6.07, 6.45) is 0. The molecule has 0 bridgehead atoms. The van der Waals surface area contributed by atoms with Crippen molar-refractivity contribution in [3.8, 4) is 44.5 Å². The van der Waals surface area contributed by atoms with E-state index in [1.165, 1.54) is 0 Å². The number of hydrogen-bond donors (Lipinski definition) is 0. The Kier molecular flexibility index (Phi) is 9.59. The van der Waals surface area contributed by atoms with Crippen LogP contribution in [-0.2, 0) is 0 Å². The van der Waals surface area contributed by atoms with E-state index in [1.807, 2.05) is 36.4 Å². The summed E-state index contributed by atoms with van der Waals surface area (Å²) in [5.74, 6) is 0. The first kappa shape index (κ1) is 36.2. The van der Waals surface area contributed by atoms with Crippen molar-refractivity contribution in [3.05, 3.63) is 152 Å². The molecular formula is C48H50F2Si. The van der Waals surface area contributed by atoms with Crippen LogP contribution in [0.3, 0.4) is 0 Å². The molecule has 0 radical (unpaired) electrons. The lowest BCUT2D eigenvalue weighted by Gasteiger charge is -2.29. The van der Waals surface area contributed by atoms with E-state index in [1.54, 1.807) is 0 Å². The lowest BCUT2D eigenvalue weighted by Crippen LogP contribution is -2.54. The fraction of sp³-hybridized carbons (Fsp3) is 0.250. The van der Waals surface area contributed by atoms with Crippen LogP contribution in [0.15, 0.2) is 84.9 Å². The van der Waals surface area contributed by atoms with Crippen LogP contribution in [-0.4, -0.2) is 8.74 Å². The first-order chi connectivity index (χ1) is 24.0. The second-order valence-electron chi connectivity index (χ2n) is 15.1. The quantitative estimate of drug-likeness (QED) is 0.120. The highest BCUT2D eigenvalue weighted by molar-refractivity contribution is 6.95. The van der Waals surface area contributed by atoms with E-state index in [-0.39, 0.29) is 10.4 Å². The fourth-order valence-electron chi connectivity index (χ4n) is 9.16. The third-order valence-corrected chi connectivity index (χ3v) is 12.9. The molecule has 0 unspecified atom stereocenters. The molecule has 0 aromatic heterocycles. The van der Waals surface area contributed by atoms with E-state index in [9.17, 15) is 0 Å². The first-order valence-electron chi connectivity index (χ1n) is 18.0. The molecule has 260 valence electrons. The highest BCUT2D eigenvalue weighted by Gasteiger charge is 2.49. The van der Waals surface area contributed by atoms with E-state index < -0.39 is 8.74 Å². The van der Waals surface area contributed by atoms with Gasteiger partial charge in [-0.1, -0.05) is 107 Å². The van der Waals surface area contributed by atoms with E-state index in [4.69, 9.17) is 0 Å². The van der Waals surface area contributed by atoms with E-state index in [2.05, 4.69) is 132 Å². The highest BCUT2D eigenvalue weighted by Crippen LogP contribution is 2.40. The van der Waals surface area contributed by atoms with Crippen LogP contribution in [0.2, 0.25) is 0 Å². The molecule has 3 heteroatoms. The Hall–Kier alpha value is -4.60. The lowest BCUT2D eigenvalue weighted by atomic mass is 9.88. The molecule has 0 aliphatic heterocycles. The molecule has 0 amide bonds. The zero-order valence-electron chi connectivity index (χ0n) is 32.3. The Bertz CT molecular complexity index is 1950. The van der Waals surface area contributed by atoms with Gasteiger partial charge in [0.1, 0.15) is 0 Å². The molecule has 0 aliphatic carbocycles. The summed E-state index contributed by atoms with van der Waals surface area (Å²) in [7, 11) is -5.60. The molecule has 6 aromatic carbocycles. The minimum absolute atomic E-state index is 0.189. The maximum Gasteiger partial charge on any atom is 0.489 e. The summed E-state index contributed by atoms with van der Waals surface area (Å²) in [6.45, 7) is 24.8. The Morgan fingerprint density at radius 3 is 0.667 bits per heavy atom. The fourth-order valence-corrected chi connectivity index (χ4v) is 11.6. The number of rotatable bonds is 6. The van der Waals surface area contributed by atoms with Gasteiger partial charge in [-0.25, -0.2) is 0 Å². The highest BCUT2D eigenvalue weighted by atomic mass is 28.4. The third-order valence-electron chi connectivity index (χ3n) is 10.5. The number of benzene rings is 6. The minimum atomic E-state index is -5.60. The summed E-state index contributed by atoms with van der Waals surface area (Å²) in [5, 5.41) is 0.377. The smallest absolute Gasteiger partial charge is 0.259 e. The molecule has 6 rings (SSSR count). The average Bonchev–Trinajstić information content (AvgIpc) is 2.99. The van der Waals surface area contributed by atoms with E-state index in [0.29, 0.717) is 22.3 Å². The normalized spacial score (nSPS) is 11.7. The third kappa shape index (κ3) is 6.42. The lowest BCUT2D eigenvalue weighted by molar-refractivity contribution is 0.655. The standard InChI is InChI=1S/C48H50F2Si/c1-27-19-31(5)43(32(6)20-27)39-15-13-16-40(44-33(7)21-28(2)22-34(44)8)47(39)51(49,50)48-41(45-35(9)23-29(3)24-36(45)10)17-14-18-42(48)46-37(11)25-30(4)26-38(46)12/h13-26H,1-12H3. The Morgan fingerprint density at radius 2 is 0.490 bits per heavy atom. The summed E-state index contributed by atoms with van der Waals surface area (Å²) in [5.41, 5.74) is 18.7. The maximum atomic E-state index is 19.2. The maximum absolute atomic E-state index is 19.2. The monoisotopic (exact) mass is 692 g/mol. The van der Waals surface area contributed by atoms with Gasteiger partial charge < -0.3 is 0 Å². The van der Waals surface area contributed by atoms with Crippen molar-refractivity contribution >= 4 is 19.1 Å². The van der Waals surface area contributed by atoms with E-state index in [0.717, 1.165) is 89.0 Å². The van der Waals surface area contributed by atoms with Gasteiger partial charge >= 0.3 is 8.74 Å². The molecule has 0 spiro atoms. The number of halogens is 2. The first-order valence-corrected chi connectivity index (χ1v) is 19.7. The van der Waals surface area contributed by atoms with Crippen molar-refractivity contribution in [2.45, 2.75) is 83.1 Å². The second-order valence-corrected chi connectivity index (χ2v) is 17.3. The zero-order chi connectivity index (χ0) is 37.1. The number of aryl methyl sites for hydroxylation is 12. The number of hydrogen-bond acceptors (Lipinski definition) is 0. The van der Waals surface area contributed by atoms with Crippen molar-refractivity contribution < 1.29 is 8.22 Å². The summed E-state index contributed by atoms with van der Waals surface area (Å²) >= 11 is 0. The topological polar surface area (TPSA) is 0 Å². The van der Waals surface area contributed by atoms with Crippen molar-refractivity contribution in [1.29, 1.82) is 0 Å². The Labute approximate surface area is 305 Å². The minimum Gasteiger partial charge on any atom is -0.259 e. The van der Waals surface area contributed by atoms with Gasteiger partial charge in [0.15, 0.2) is 0 Å². The summed E-state index contributed by atoms with van der Waals surface area (Å²) in [6, 6.07) is 28.7. The molecule has 0 heterocycles. The van der Waals surface area contributed by atoms with Gasteiger partial charge in [0.05, 0.1) is 0 Å².